The van der Waals surface area contributed by atoms with E-state index in [2.05, 4.69) is 0 Å². The molecule has 0 aromatic heterocycles. The second-order valence-electron chi connectivity index (χ2n) is 5.72. The maximum absolute atomic E-state index is 12.1. The second kappa shape index (κ2) is 6.53. The summed E-state index contributed by atoms with van der Waals surface area (Å²) in [4.78, 5) is 25.0. The summed E-state index contributed by atoms with van der Waals surface area (Å²) >= 11 is 0. The van der Waals surface area contributed by atoms with Crippen LogP contribution in [0, 0.1) is 11.3 Å². The third-order valence-electron chi connectivity index (χ3n) is 2.77. The molecule has 1 aliphatic rings. The van der Waals surface area contributed by atoms with Gasteiger partial charge in [-0.1, -0.05) is 6.08 Å². The summed E-state index contributed by atoms with van der Waals surface area (Å²) in [6.07, 6.45) is 3.72. The summed E-state index contributed by atoms with van der Waals surface area (Å²) < 4.78 is 5.15. The van der Waals surface area contributed by atoms with Crippen molar-refractivity contribution in [3.05, 3.63) is 12.2 Å². The monoisotopic (exact) mass is 279 g/mol. The highest BCUT2D eigenvalue weighted by Gasteiger charge is 2.29. The van der Waals surface area contributed by atoms with E-state index < -0.39 is 17.7 Å². The Kier molecular flexibility index (Phi) is 5.28. The van der Waals surface area contributed by atoms with E-state index in [-0.39, 0.29) is 24.7 Å². The molecular weight excluding hydrogens is 258 g/mol. The first-order valence-electron chi connectivity index (χ1n) is 6.59. The summed E-state index contributed by atoms with van der Waals surface area (Å²) in [5.74, 6) is -0.692. The maximum Gasteiger partial charge on any atom is 0.306 e. The molecule has 1 rings (SSSR count). The molecule has 0 aromatic carbocycles. The predicted molar refractivity (Wildman–Crippen MR) is 73.3 cm³/mol. The van der Waals surface area contributed by atoms with Crippen molar-refractivity contribution in [2.45, 2.75) is 51.3 Å². The molecule has 1 amide bonds. The van der Waals surface area contributed by atoms with E-state index in [9.17, 15) is 9.59 Å². The van der Waals surface area contributed by atoms with Gasteiger partial charge in [-0.15, -0.1) is 0 Å². The topological polar surface area (TPSA) is 96.4 Å². The van der Waals surface area contributed by atoms with Gasteiger partial charge >= 0.3 is 5.97 Å². The van der Waals surface area contributed by atoms with Crippen LogP contribution < -0.4 is 5.73 Å². The van der Waals surface area contributed by atoms with E-state index in [0.29, 0.717) is 6.54 Å². The molecule has 0 aliphatic carbocycles. The molecule has 6 heteroatoms. The highest BCUT2D eigenvalue weighted by Crippen LogP contribution is 2.13. The van der Waals surface area contributed by atoms with Crippen molar-refractivity contribution in [1.82, 2.24) is 4.90 Å². The summed E-state index contributed by atoms with van der Waals surface area (Å²) in [6, 6.07) is 0.663. The van der Waals surface area contributed by atoms with Crippen LogP contribution >= 0.6 is 0 Å². The van der Waals surface area contributed by atoms with E-state index in [1.807, 2.05) is 6.07 Å². The lowest BCUT2D eigenvalue weighted by Crippen LogP contribution is -2.46. The first-order valence-corrected chi connectivity index (χ1v) is 6.59. The number of carbonyl (C=O) groups is 2. The fraction of sp³-hybridized carbons (Fsp3) is 0.643. The Morgan fingerprint density at radius 3 is 2.75 bits per heavy atom. The van der Waals surface area contributed by atoms with E-state index in [4.69, 9.17) is 15.7 Å². The Bertz CT molecular complexity index is 446. The number of rotatable bonds is 4. The van der Waals surface area contributed by atoms with Crippen LogP contribution in [0.3, 0.4) is 0 Å². The zero-order valence-electron chi connectivity index (χ0n) is 12.1. The molecule has 0 radical (unpaired) electrons. The lowest BCUT2D eigenvalue weighted by molar-refractivity contribution is -0.155. The first-order chi connectivity index (χ1) is 9.24. The average Bonchev–Trinajstić information content (AvgIpc) is 2.81. The van der Waals surface area contributed by atoms with Crippen molar-refractivity contribution in [3.63, 3.8) is 0 Å². The van der Waals surface area contributed by atoms with Crippen molar-refractivity contribution < 1.29 is 14.3 Å². The van der Waals surface area contributed by atoms with Crippen LogP contribution in [0.25, 0.3) is 0 Å². The number of hydrogen-bond donors (Lipinski definition) is 1. The molecule has 2 N–H and O–H groups in total. The Balaban J connectivity index is 2.43. The molecule has 0 aromatic rings. The molecule has 0 spiro atoms. The first kappa shape index (κ1) is 16.2. The third-order valence-corrected chi connectivity index (χ3v) is 2.77. The van der Waals surface area contributed by atoms with Crippen LogP contribution in [0.15, 0.2) is 12.2 Å². The van der Waals surface area contributed by atoms with Gasteiger partial charge in [-0.3, -0.25) is 9.59 Å². The summed E-state index contributed by atoms with van der Waals surface area (Å²) in [5.41, 5.74) is 5.24. The number of amides is 1. The van der Waals surface area contributed by atoms with E-state index in [1.54, 1.807) is 32.9 Å². The molecule has 2 unspecified atom stereocenters. The van der Waals surface area contributed by atoms with Gasteiger partial charge < -0.3 is 15.4 Å². The number of ether oxygens (including phenoxy) is 1. The molecule has 0 bridgehead atoms. The van der Waals surface area contributed by atoms with Gasteiger partial charge in [0.25, 0.3) is 0 Å². The third kappa shape index (κ3) is 4.67. The number of hydrogen-bond acceptors (Lipinski definition) is 5. The van der Waals surface area contributed by atoms with E-state index in [0.717, 1.165) is 0 Å². The van der Waals surface area contributed by atoms with Gasteiger partial charge in [-0.25, -0.2) is 0 Å². The molecule has 110 valence electrons. The molecule has 1 heterocycles. The van der Waals surface area contributed by atoms with Crippen LogP contribution in [0.5, 0.6) is 0 Å². The lowest BCUT2D eigenvalue weighted by atomic mass is 10.1. The Morgan fingerprint density at radius 2 is 2.20 bits per heavy atom. The summed E-state index contributed by atoms with van der Waals surface area (Å²) in [6.45, 7) is 5.73. The smallest absolute Gasteiger partial charge is 0.306 e. The molecule has 2 atom stereocenters. The van der Waals surface area contributed by atoms with Crippen molar-refractivity contribution in [3.8, 4) is 6.07 Å². The number of nitriles is 1. The Morgan fingerprint density at radius 1 is 1.55 bits per heavy atom. The minimum atomic E-state index is -0.793. The summed E-state index contributed by atoms with van der Waals surface area (Å²) in [7, 11) is 0. The molecule has 20 heavy (non-hydrogen) atoms. The molecule has 0 saturated heterocycles. The van der Waals surface area contributed by atoms with Gasteiger partial charge in [0.15, 0.2) is 0 Å². The number of nitrogens with zero attached hydrogens (tertiary/aromatic N) is 2. The van der Waals surface area contributed by atoms with Crippen LogP contribution in [-0.4, -0.2) is 41.0 Å². The fourth-order valence-corrected chi connectivity index (χ4v) is 1.86. The van der Waals surface area contributed by atoms with E-state index in [1.165, 1.54) is 4.90 Å². The SMILES string of the molecule is CC(C)(C)OC(=O)CCC(N)C(=O)N1CC=CC1C#N. The van der Waals surface area contributed by atoms with Gasteiger partial charge in [-0.05, 0) is 33.3 Å². The minimum absolute atomic E-state index is 0.0860. The van der Waals surface area contributed by atoms with Crippen molar-refractivity contribution in [1.29, 1.82) is 5.26 Å². The number of carbonyl (C=O) groups excluding carboxylic acids is 2. The number of nitrogens with two attached hydrogens (primary N) is 1. The van der Waals surface area contributed by atoms with Crippen molar-refractivity contribution in [2.75, 3.05) is 6.54 Å². The van der Waals surface area contributed by atoms with Gasteiger partial charge in [0.05, 0.1) is 12.1 Å². The van der Waals surface area contributed by atoms with Gasteiger partial charge in [-0.2, -0.15) is 5.26 Å². The standard InChI is InChI=1S/C14H21N3O3/c1-14(2,3)20-12(18)7-6-11(16)13(19)17-8-4-5-10(17)9-15/h4-5,10-11H,6-8,16H2,1-3H3. The van der Waals surface area contributed by atoms with Crippen molar-refractivity contribution >= 4 is 11.9 Å². The normalized spacial score (nSPS) is 19.6. The second-order valence-corrected chi connectivity index (χ2v) is 5.72. The zero-order chi connectivity index (χ0) is 15.3. The van der Waals surface area contributed by atoms with Crippen LogP contribution in [0.4, 0.5) is 0 Å². The highest BCUT2D eigenvalue weighted by molar-refractivity contribution is 5.83. The predicted octanol–water partition coefficient (Wildman–Crippen LogP) is 0.726. The molecule has 0 fully saturated rings. The zero-order valence-corrected chi connectivity index (χ0v) is 12.1. The molecule has 1 aliphatic heterocycles. The van der Waals surface area contributed by atoms with Gasteiger partial charge in [0.2, 0.25) is 5.91 Å². The van der Waals surface area contributed by atoms with Crippen molar-refractivity contribution in [2.24, 2.45) is 5.73 Å². The summed E-state index contributed by atoms with van der Waals surface area (Å²) in [5, 5.41) is 8.90. The molecular formula is C14H21N3O3. The average molecular weight is 279 g/mol. The minimum Gasteiger partial charge on any atom is -0.460 e. The maximum atomic E-state index is 12.1. The lowest BCUT2D eigenvalue weighted by Gasteiger charge is -2.24. The quantitative estimate of drug-likeness (QED) is 0.604. The van der Waals surface area contributed by atoms with Crippen LogP contribution in [0.1, 0.15) is 33.6 Å². The van der Waals surface area contributed by atoms with Gasteiger partial charge in [0, 0.05) is 13.0 Å². The van der Waals surface area contributed by atoms with E-state index >= 15 is 0 Å². The van der Waals surface area contributed by atoms with Gasteiger partial charge in [0.1, 0.15) is 11.6 Å². The number of esters is 1. The Labute approximate surface area is 119 Å². The fourth-order valence-electron chi connectivity index (χ4n) is 1.86. The van der Waals surface area contributed by atoms with Crippen LogP contribution in [-0.2, 0) is 14.3 Å². The molecule has 6 nitrogen and oxygen atoms in total. The molecule has 0 saturated carbocycles. The largest absolute Gasteiger partial charge is 0.460 e. The highest BCUT2D eigenvalue weighted by atomic mass is 16.6. The van der Waals surface area contributed by atoms with Crippen LogP contribution in [0.2, 0.25) is 0 Å². The Hall–Kier alpha value is -1.87.